The lowest BCUT2D eigenvalue weighted by Gasteiger charge is -2.03. The van der Waals surface area contributed by atoms with Gasteiger partial charge in [0.1, 0.15) is 5.69 Å². The predicted octanol–water partition coefficient (Wildman–Crippen LogP) is 0.859. The molecule has 2 heterocycles. The van der Waals surface area contributed by atoms with E-state index >= 15 is 0 Å². The number of amides is 1. The number of hydrogen-bond donors (Lipinski definition) is 3. The first kappa shape index (κ1) is 14.7. The molecule has 0 aliphatic heterocycles. The number of nitrogens with one attached hydrogen (secondary N) is 2. The van der Waals surface area contributed by atoms with E-state index in [9.17, 15) is 14.4 Å². The molecule has 108 valence electrons. The number of hydrogen-bond acceptors (Lipinski definition) is 5. The fraction of sp³-hybridized carbons (Fsp3) is 0.0769. The molecule has 1 amide bonds. The molecule has 0 atom stereocenters. The monoisotopic (exact) mass is 305 g/mol. The van der Waals surface area contributed by atoms with Crippen molar-refractivity contribution in [2.75, 3.05) is 0 Å². The van der Waals surface area contributed by atoms with E-state index in [2.05, 4.69) is 15.3 Å². The van der Waals surface area contributed by atoms with E-state index in [1.165, 1.54) is 23.6 Å². The van der Waals surface area contributed by atoms with Crippen molar-refractivity contribution in [3.8, 4) is 0 Å². The number of rotatable bonds is 5. The Bertz CT molecular complexity index is 727. The van der Waals surface area contributed by atoms with Crippen LogP contribution in [0.4, 0.5) is 0 Å². The fourth-order valence-electron chi connectivity index (χ4n) is 1.52. The van der Waals surface area contributed by atoms with Gasteiger partial charge in [-0.25, -0.2) is 9.78 Å². The lowest BCUT2D eigenvalue weighted by Crippen LogP contribution is -2.24. The third-order valence-corrected chi connectivity index (χ3v) is 3.44. The average Bonchev–Trinajstić information content (AvgIpc) is 2.90. The topological polar surface area (TPSA) is 112 Å². The van der Waals surface area contributed by atoms with Crippen LogP contribution in [0, 0.1) is 0 Å². The molecule has 2 aromatic rings. The molecule has 0 aromatic carbocycles. The van der Waals surface area contributed by atoms with Crippen molar-refractivity contribution in [3.63, 3.8) is 0 Å². The molecule has 3 N–H and O–H groups in total. The minimum atomic E-state index is -1.03. The molecule has 0 saturated carbocycles. The van der Waals surface area contributed by atoms with E-state index < -0.39 is 11.9 Å². The highest BCUT2D eigenvalue weighted by atomic mass is 32.1. The van der Waals surface area contributed by atoms with Gasteiger partial charge in [-0.2, -0.15) is 0 Å². The van der Waals surface area contributed by atoms with E-state index in [1.807, 2.05) is 0 Å². The Morgan fingerprint density at radius 1 is 1.48 bits per heavy atom. The van der Waals surface area contributed by atoms with E-state index in [1.54, 1.807) is 11.4 Å². The van der Waals surface area contributed by atoms with Crippen LogP contribution in [0.5, 0.6) is 0 Å². The number of carbonyl (C=O) groups is 2. The molecule has 21 heavy (non-hydrogen) atoms. The van der Waals surface area contributed by atoms with Crippen LogP contribution in [-0.2, 0) is 11.3 Å². The van der Waals surface area contributed by atoms with Gasteiger partial charge in [0.2, 0.25) is 0 Å². The number of aromatic amines is 1. The van der Waals surface area contributed by atoms with Gasteiger partial charge in [0.05, 0.1) is 12.7 Å². The van der Waals surface area contributed by atoms with Crippen LogP contribution in [-0.4, -0.2) is 27.0 Å². The summed E-state index contributed by atoms with van der Waals surface area (Å²) < 4.78 is 0. The largest absolute Gasteiger partial charge is 0.478 e. The SMILES string of the molecule is O=C(O)/C=C/c1ccsc1CNC(=O)c1c[nH]c(=O)cn1. The van der Waals surface area contributed by atoms with Gasteiger partial charge in [-0.15, -0.1) is 11.3 Å². The summed E-state index contributed by atoms with van der Waals surface area (Å²) in [5.74, 6) is -1.46. The first-order valence-electron chi connectivity index (χ1n) is 5.86. The van der Waals surface area contributed by atoms with Crippen molar-refractivity contribution in [3.05, 3.63) is 56.4 Å². The summed E-state index contributed by atoms with van der Waals surface area (Å²) in [4.78, 5) is 40.1. The zero-order valence-corrected chi connectivity index (χ0v) is 11.5. The summed E-state index contributed by atoms with van der Waals surface area (Å²) in [5.41, 5.74) is 0.455. The molecule has 0 fully saturated rings. The van der Waals surface area contributed by atoms with Gasteiger partial charge < -0.3 is 15.4 Å². The van der Waals surface area contributed by atoms with Crippen LogP contribution < -0.4 is 10.9 Å². The molecule has 0 bridgehead atoms. The minimum absolute atomic E-state index is 0.105. The zero-order chi connectivity index (χ0) is 15.2. The molecule has 2 rings (SSSR count). The molecular formula is C13H11N3O4S. The summed E-state index contributed by atoms with van der Waals surface area (Å²) in [5, 5.41) is 13.1. The third kappa shape index (κ3) is 4.11. The quantitative estimate of drug-likeness (QED) is 0.709. The third-order valence-electron chi connectivity index (χ3n) is 2.50. The number of nitrogens with zero attached hydrogens (tertiary/aromatic N) is 1. The van der Waals surface area contributed by atoms with E-state index in [0.717, 1.165) is 22.7 Å². The Balaban J connectivity index is 2.02. The maximum Gasteiger partial charge on any atom is 0.328 e. The van der Waals surface area contributed by atoms with Crippen LogP contribution >= 0.6 is 11.3 Å². The summed E-state index contributed by atoms with van der Waals surface area (Å²) in [6.07, 6.45) is 4.77. The number of carboxylic acid groups (broad SMARTS) is 1. The van der Waals surface area contributed by atoms with Crippen LogP contribution in [0.25, 0.3) is 6.08 Å². The lowest BCUT2D eigenvalue weighted by molar-refractivity contribution is -0.131. The van der Waals surface area contributed by atoms with Crippen molar-refractivity contribution in [1.29, 1.82) is 0 Å². The molecule has 2 aromatic heterocycles. The van der Waals surface area contributed by atoms with E-state index in [-0.39, 0.29) is 17.8 Å². The number of H-pyrrole nitrogens is 1. The smallest absolute Gasteiger partial charge is 0.328 e. The maximum atomic E-state index is 11.8. The Morgan fingerprint density at radius 3 is 2.95 bits per heavy atom. The van der Waals surface area contributed by atoms with Crippen molar-refractivity contribution in [2.24, 2.45) is 0 Å². The molecule has 0 saturated heterocycles. The van der Waals surface area contributed by atoms with Crippen molar-refractivity contribution >= 4 is 29.3 Å². The van der Waals surface area contributed by atoms with Gasteiger partial charge in [-0.05, 0) is 23.1 Å². The standard InChI is InChI=1S/C13H11N3O4S/c17-11-7-14-9(5-15-11)13(20)16-6-10-8(3-4-21-10)1-2-12(18)19/h1-5,7H,6H2,(H,15,17)(H,16,20)(H,18,19)/b2-1+. The second-order valence-electron chi connectivity index (χ2n) is 3.95. The summed E-state index contributed by atoms with van der Waals surface area (Å²) in [6.45, 7) is 0.247. The maximum absolute atomic E-state index is 11.8. The number of thiophene rings is 1. The molecule has 0 spiro atoms. The van der Waals surface area contributed by atoms with Gasteiger partial charge >= 0.3 is 5.97 Å². The van der Waals surface area contributed by atoms with E-state index in [4.69, 9.17) is 5.11 Å². The highest BCUT2D eigenvalue weighted by Gasteiger charge is 2.08. The second-order valence-corrected chi connectivity index (χ2v) is 4.95. The number of aliphatic carboxylic acids is 1. The van der Waals surface area contributed by atoms with Crippen LogP contribution in [0.15, 0.2) is 34.7 Å². The molecular weight excluding hydrogens is 294 g/mol. The second kappa shape index (κ2) is 6.62. The van der Waals surface area contributed by atoms with Crippen LogP contribution in [0.3, 0.4) is 0 Å². The highest BCUT2D eigenvalue weighted by Crippen LogP contribution is 2.18. The summed E-state index contributed by atoms with van der Waals surface area (Å²) >= 11 is 1.40. The first-order chi connectivity index (χ1) is 10.1. The van der Waals surface area contributed by atoms with Gasteiger partial charge in [-0.1, -0.05) is 0 Å². The van der Waals surface area contributed by atoms with E-state index in [0.29, 0.717) is 0 Å². The lowest BCUT2D eigenvalue weighted by atomic mass is 10.2. The zero-order valence-electron chi connectivity index (χ0n) is 10.7. The Morgan fingerprint density at radius 2 is 2.29 bits per heavy atom. The number of aromatic nitrogens is 2. The normalized spacial score (nSPS) is 10.7. The molecule has 0 radical (unpaired) electrons. The minimum Gasteiger partial charge on any atom is -0.478 e. The van der Waals surface area contributed by atoms with Gasteiger partial charge in [0, 0.05) is 17.2 Å². The highest BCUT2D eigenvalue weighted by molar-refractivity contribution is 7.10. The Labute approximate surface area is 123 Å². The molecule has 0 unspecified atom stereocenters. The molecule has 0 aliphatic rings. The van der Waals surface area contributed by atoms with Gasteiger partial charge in [0.15, 0.2) is 0 Å². The van der Waals surface area contributed by atoms with Gasteiger partial charge in [-0.3, -0.25) is 9.59 Å². The average molecular weight is 305 g/mol. The summed E-state index contributed by atoms with van der Waals surface area (Å²) in [6, 6.07) is 1.77. The van der Waals surface area contributed by atoms with Crippen molar-refractivity contribution in [1.82, 2.24) is 15.3 Å². The van der Waals surface area contributed by atoms with Gasteiger partial charge in [0.25, 0.3) is 11.5 Å². The Hall–Kier alpha value is -2.74. The van der Waals surface area contributed by atoms with Crippen LogP contribution in [0.2, 0.25) is 0 Å². The first-order valence-corrected chi connectivity index (χ1v) is 6.74. The summed E-state index contributed by atoms with van der Waals surface area (Å²) in [7, 11) is 0. The fourth-order valence-corrected chi connectivity index (χ4v) is 2.33. The molecule has 8 heteroatoms. The molecule has 0 aliphatic carbocycles. The molecule has 7 nitrogen and oxygen atoms in total. The number of carbonyl (C=O) groups excluding carboxylic acids is 1. The number of carboxylic acids is 1. The van der Waals surface area contributed by atoms with Crippen molar-refractivity contribution in [2.45, 2.75) is 6.54 Å². The Kier molecular flexibility index (Phi) is 4.62. The predicted molar refractivity (Wildman–Crippen MR) is 77.0 cm³/mol. The van der Waals surface area contributed by atoms with Crippen molar-refractivity contribution < 1.29 is 14.7 Å². The van der Waals surface area contributed by atoms with Crippen LogP contribution in [0.1, 0.15) is 20.9 Å².